The molecule has 2 aromatic carbocycles. The Morgan fingerprint density at radius 3 is 2.72 bits per heavy atom. The Morgan fingerprint density at radius 2 is 2.00 bits per heavy atom. The van der Waals surface area contributed by atoms with Crippen LogP contribution < -0.4 is 10.5 Å². The second-order valence-electron chi connectivity index (χ2n) is 3.74. The van der Waals surface area contributed by atoms with Gasteiger partial charge in [0.2, 0.25) is 0 Å². The van der Waals surface area contributed by atoms with Crippen LogP contribution >= 0.6 is 15.9 Å². The van der Waals surface area contributed by atoms with E-state index < -0.39 is 0 Å². The van der Waals surface area contributed by atoms with Gasteiger partial charge in [-0.2, -0.15) is 5.26 Å². The van der Waals surface area contributed by atoms with Crippen molar-refractivity contribution in [3.05, 3.63) is 58.1 Å². The Hall–Kier alpha value is -1.99. The number of hydrogen-bond donors (Lipinski definition) is 1. The van der Waals surface area contributed by atoms with Crippen molar-refractivity contribution >= 4 is 21.6 Å². The molecule has 0 aromatic heterocycles. The zero-order valence-electron chi connectivity index (χ0n) is 9.56. The first-order valence-electron chi connectivity index (χ1n) is 5.36. The van der Waals surface area contributed by atoms with Gasteiger partial charge in [0.1, 0.15) is 18.4 Å². The molecule has 0 aliphatic heterocycles. The van der Waals surface area contributed by atoms with Gasteiger partial charge in [-0.05, 0) is 24.3 Å². The van der Waals surface area contributed by atoms with Crippen LogP contribution in [0.25, 0.3) is 0 Å². The van der Waals surface area contributed by atoms with Crippen molar-refractivity contribution in [3.63, 3.8) is 0 Å². The predicted octanol–water partition coefficient (Wildman–Crippen LogP) is 3.48. The first kappa shape index (κ1) is 12.5. The van der Waals surface area contributed by atoms with Crippen LogP contribution in [0.2, 0.25) is 0 Å². The maximum Gasteiger partial charge on any atom is 0.121 e. The van der Waals surface area contributed by atoms with E-state index in [9.17, 15) is 0 Å². The normalized spacial score (nSPS) is 9.78. The fraction of sp³-hybridized carbons (Fsp3) is 0.0714. The molecule has 0 amide bonds. The Bertz CT molecular complexity index is 605. The van der Waals surface area contributed by atoms with Crippen LogP contribution in [-0.2, 0) is 6.61 Å². The van der Waals surface area contributed by atoms with E-state index in [2.05, 4.69) is 15.9 Å². The van der Waals surface area contributed by atoms with Crippen LogP contribution in [0.1, 0.15) is 11.1 Å². The summed E-state index contributed by atoms with van der Waals surface area (Å²) < 4.78 is 6.63. The SMILES string of the molecule is N#Cc1cc(OCc2ccccc2Br)ccc1N. The molecule has 0 saturated heterocycles. The van der Waals surface area contributed by atoms with Gasteiger partial charge in [-0.15, -0.1) is 0 Å². The minimum Gasteiger partial charge on any atom is -0.489 e. The van der Waals surface area contributed by atoms with Crippen LogP contribution in [0.3, 0.4) is 0 Å². The highest BCUT2D eigenvalue weighted by atomic mass is 79.9. The lowest BCUT2D eigenvalue weighted by Crippen LogP contribution is -1.97. The van der Waals surface area contributed by atoms with Gasteiger partial charge >= 0.3 is 0 Å². The monoisotopic (exact) mass is 302 g/mol. The fourth-order valence-electron chi connectivity index (χ4n) is 1.50. The lowest BCUT2D eigenvalue weighted by atomic mass is 10.2. The topological polar surface area (TPSA) is 59.0 Å². The zero-order valence-corrected chi connectivity index (χ0v) is 11.1. The first-order valence-corrected chi connectivity index (χ1v) is 6.16. The number of nitrogens with two attached hydrogens (primary N) is 1. The quantitative estimate of drug-likeness (QED) is 0.883. The Kier molecular flexibility index (Phi) is 3.85. The molecule has 4 heteroatoms. The summed E-state index contributed by atoms with van der Waals surface area (Å²) in [7, 11) is 0. The molecule has 0 unspecified atom stereocenters. The second kappa shape index (κ2) is 5.56. The molecule has 0 bridgehead atoms. The summed E-state index contributed by atoms with van der Waals surface area (Å²) in [4.78, 5) is 0. The Morgan fingerprint density at radius 1 is 1.22 bits per heavy atom. The van der Waals surface area contributed by atoms with E-state index in [1.807, 2.05) is 30.3 Å². The third kappa shape index (κ3) is 2.82. The van der Waals surface area contributed by atoms with Crippen LogP contribution in [0.4, 0.5) is 5.69 Å². The molecular weight excluding hydrogens is 292 g/mol. The largest absolute Gasteiger partial charge is 0.489 e. The maximum absolute atomic E-state index is 8.88. The van der Waals surface area contributed by atoms with Crippen molar-refractivity contribution in [2.45, 2.75) is 6.61 Å². The molecule has 2 aromatic rings. The smallest absolute Gasteiger partial charge is 0.121 e. The number of hydrogen-bond acceptors (Lipinski definition) is 3. The van der Waals surface area contributed by atoms with E-state index in [0.717, 1.165) is 10.0 Å². The molecule has 0 fully saturated rings. The number of halogens is 1. The molecule has 2 N–H and O–H groups in total. The Balaban J connectivity index is 2.12. The van der Waals surface area contributed by atoms with E-state index in [1.54, 1.807) is 18.2 Å². The average molecular weight is 303 g/mol. The van der Waals surface area contributed by atoms with Gasteiger partial charge < -0.3 is 10.5 Å². The maximum atomic E-state index is 8.88. The third-order valence-corrected chi connectivity index (χ3v) is 3.27. The number of ether oxygens (including phenoxy) is 1. The van der Waals surface area contributed by atoms with Crippen molar-refractivity contribution in [1.29, 1.82) is 5.26 Å². The van der Waals surface area contributed by atoms with E-state index in [1.165, 1.54) is 0 Å². The van der Waals surface area contributed by atoms with Gasteiger partial charge in [-0.3, -0.25) is 0 Å². The zero-order chi connectivity index (χ0) is 13.0. The summed E-state index contributed by atoms with van der Waals surface area (Å²) in [6.45, 7) is 0.441. The number of anilines is 1. The molecule has 3 nitrogen and oxygen atoms in total. The van der Waals surface area contributed by atoms with Crippen LogP contribution in [0.5, 0.6) is 5.75 Å². The minimum absolute atomic E-state index is 0.430. The summed E-state index contributed by atoms with van der Waals surface area (Å²) in [5.41, 5.74) is 7.59. The summed E-state index contributed by atoms with van der Waals surface area (Å²) in [6, 6.07) is 14.9. The van der Waals surface area contributed by atoms with Crippen LogP contribution in [-0.4, -0.2) is 0 Å². The minimum atomic E-state index is 0.430. The van der Waals surface area contributed by atoms with Crippen LogP contribution in [0.15, 0.2) is 46.9 Å². The molecule has 0 spiro atoms. The molecule has 18 heavy (non-hydrogen) atoms. The summed E-state index contributed by atoms with van der Waals surface area (Å²) in [5, 5.41) is 8.88. The lowest BCUT2D eigenvalue weighted by molar-refractivity contribution is 0.305. The van der Waals surface area contributed by atoms with Gasteiger partial charge in [0.25, 0.3) is 0 Å². The van der Waals surface area contributed by atoms with Gasteiger partial charge in [0.15, 0.2) is 0 Å². The number of nitrogens with zero attached hydrogens (tertiary/aromatic N) is 1. The number of benzene rings is 2. The number of rotatable bonds is 3. The Labute approximate surface area is 114 Å². The molecule has 0 aliphatic carbocycles. The summed E-state index contributed by atoms with van der Waals surface area (Å²) in [5.74, 6) is 0.636. The van der Waals surface area contributed by atoms with E-state index in [0.29, 0.717) is 23.6 Å². The highest BCUT2D eigenvalue weighted by Gasteiger charge is 2.03. The predicted molar refractivity (Wildman–Crippen MR) is 74.0 cm³/mol. The lowest BCUT2D eigenvalue weighted by Gasteiger charge is -2.08. The third-order valence-electron chi connectivity index (χ3n) is 2.50. The fourth-order valence-corrected chi connectivity index (χ4v) is 1.90. The summed E-state index contributed by atoms with van der Waals surface area (Å²) in [6.07, 6.45) is 0. The van der Waals surface area contributed by atoms with E-state index >= 15 is 0 Å². The standard InChI is InChI=1S/C14H11BrN2O/c15-13-4-2-1-3-10(13)9-18-12-5-6-14(17)11(7-12)8-16/h1-7H,9,17H2. The van der Waals surface area contributed by atoms with Crippen molar-refractivity contribution in [3.8, 4) is 11.8 Å². The van der Waals surface area contributed by atoms with Crippen molar-refractivity contribution in [1.82, 2.24) is 0 Å². The molecule has 90 valence electrons. The van der Waals surface area contributed by atoms with Crippen molar-refractivity contribution in [2.75, 3.05) is 5.73 Å². The van der Waals surface area contributed by atoms with Gasteiger partial charge in [0, 0.05) is 15.7 Å². The molecular formula is C14H11BrN2O. The molecule has 2 rings (SSSR count). The van der Waals surface area contributed by atoms with Gasteiger partial charge in [-0.1, -0.05) is 34.1 Å². The molecule has 0 heterocycles. The van der Waals surface area contributed by atoms with Crippen LogP contribution in [0, 0.1) is 11.3 Å². The molecule has 0 aliphatic rings. The average Bonchev–Trinajstić information content (AvgIpc) is 2.39. The first-order chi connectivity index (χ1) is 8.70. The van der Waals surface area contributed by atoms with Crippen molar-refractivity contribution < 1.29 is 4.74 Å². The highest BCUT2D eigenvalue weighted by Crippen LogP contribution is 2.22. The molecule has 0 saturated carbocycles. The van der Waals surface area contributed by atoms with E-state index in [-0.39, 0.29) is 0 Å². The number of nitrogen functional groups attached to an aromatic ring is 1. The molecule has 0 atom stereocenters. The molecule has 0 radical (unpaired) electrons. The summed E-state index contributed by atoms with van der Waals surface area (Å²) >= 11 is 3.46. The second-order valence-corrected chi connectivity index (χ2v) is 4.60. The number of nitriles is 1. The van der Waals surface area contributed by atoms with E-state index in [4.69, 9.17) is 15.7 Å². The highest BCUT2D eigenvalue weighted by molar-refractivity contribution is 9.10. The van der Waals surface area contributed by atoms with Crippen molar-refractivity contribution in [2.24, 2.45) is 0 Å². The van der Waals surface area contributed by atoms with Gasteiger partial charge in [-0.25, -0.2) is 0 Å². The van der Waals surface area contributed by atoms with Gasteiger partial charge in [0.05, 0.1) is 5.56 Å².